The lowest BCUT2D eigenvalue weighted by atomic mass is 10.0. The summed E-state index contributed by atoms with van der Waals surface area (Å²) in [6.45, 7) is 7.79. The molecule has 0 spiro atoms. The molecule has 0 saturated heterocycles. The van der Waals surface area contributed by atoms with Crippen molar-refractivity contribution in [3.8, 4) is 0 Å². The van der Waals surface area contributed by atoms with Gasteiger partial charge in [0.1, 0.15) is 19.3 Å². The average molecular weight is 861 g/mol. The maximum Gasteiger partial charge on any atom is 0.305 e. The summed E-state index contributed by atoms with van der Waals surface area (Å²) in [6, 6.07) is 0. The summed E-state index contributed by atoms with van der Waals surface area (Å²) >= 11 is 0. The number of carbonyl (C=O) groups excluding carboxylic acids is 2. The molecule has 362 valence electrons. The summed E-state index contributed by atoms with van der Waals surface area (Å²) in [7, 11) is 0. The van der Waals surface area contributed by atoms with E-state index in [1.54, 1.807) is 0 Å². The van der Waals surface area contributed by atoms with E-state index < -0.39 is 6.10 Å². The Labute approximate surface area is 382 Å². The van der Waals surface area contributed by atoms with Crippen molar-refractivity contribution in [1.29, 1.82) is 0 Å². The maximum atomic E-state index is 12.6. The van der Waals surface area contributed by atoms with Crippen LogP contribution >= 0.6 is 0 Å². The SMILES string of the molecule is CCCCCCCC/C=C\CCCCCCCCCC(=O)OC[C@H](COC(=O)CCCCCCCCCCCCCC)OCCCCCCCCCCCCCCCCCC. The van der Waals surface area contributed by atoms with E-state index in [4.69, 9.17) is 14.2 Å². The quantitative estimate of drug-likeness (QED) is 0.0346. The molecule has 0 aliphatic heterocycles. The molecule has 0 rings (SSSR count). The van der Waals surface area contributed by atoms with E-state index in [0.29, 0.717) is 19.4 Å². The molecule has 0 aromatic rings. The van der Waals surface area contributed by atoms with Crippen molar-refractivity contribution >= 4 is 11.9 Å². The molecule has 0 N–H and O–H groups in total. The second kappa shape index (κ2) is 53.0. The number of hydrogen-bond acceptors (Lipinski definition) is 5. The fourth-order valence-electron chi connectivity index (χ4n) is 8.36. The van der Waals surface area contributed by atoms with Gasteiger partial charge in [-0.25, -0.2) is 0 Å². The minimum Gasteiger partial charge on any atom is -0.463 e. The summed E-state index contributed by atoms with van der Waals surface area (Å²) in [5.41, 5.74) is 0. The Morgan fingerprint density at radius 1 is 0.328 bits per heavy atom. The first kappa shape index (κ1) is 59.6. The zero-order valence-electron chi connectivity index (χ0n) is 41.7. The Balaban J connectivity index is 4.19. The van der Waals surface area contributed by atoms with Crippen LogP contribution in [-0.2, 0) is 23.8 Å². The first-order chi connectivity index (χ1) is 30.1. The molecule has 61 heavy (non-hydrogen) atoms. The number of allylic oxidation sites excluding steroid dienone is 2. The predicted octanol–water partition coefficient (Wildman–Crippen LogP) is 18.6. The van der Waals surface area contributed by atoms with Gasteiger partial charge in [0.25, 0.3) is 0 Å². The zero-order chi connectivity index (χ0) is 44.2. The molecule has 0 fully saturated rings. The molecule has 0 heterocycles. The van der Waals surface area contributed by atoms with E-state index in [1.807, 2.05) is 0 Å². The largest absolute Gasteiger partial charge is 0.463 e. The minimum absolute atomic E-state index is 0.158. The van der Waals surface area contributed by atoms with Crippen LogP contribution < -0.4 is 0 Å². The third-order valence-electron chi connectivity index (χ3n) is 12.6. The fraction of sp³-hybridized carbons (Fsp3) is 0.929. The van der Waals surface area contributed by atoms with E-state index in [-0.39, 0.29) is 25.2 Å². The molecule has 5 heteroatoms. The van der Waals surface area contributed by atoms with E-state index in [0.717, 1.165) is 38.5 Å². The predicted molar refractivity (Wildman–Crippen MR) is 266 cm³/mol. The van der Waals surface area contributed by atoms with Crippen LogP contribution in [0.15, 0.2) is 12.2 Å². The number of ether oxygens (including phenoxy) is 3. The Morgan fingerprint density at radius 2 is 0.574 bits per heavy atom. The molecule has 1 atom stereocenters. The highest BCUT2D eigenvalue weighted by atomic mass is 16.6. The monoisotopic (exact) mass is 861 g/mol. The van der Waals surface area contributed by atoms with Crippen molar-refractivity contribution in [1.82, 2.24) is 0 Å². The molecule has 0 aliphatic carbocycles. The van der Waals surface area contributed by atoms with Crippen molar-refractivity contribution in [2.75, 3.05) is 19.8 Å². The van der Waals surface area contributed by atoms with Crippen LogP contribution in [0.4, 0.5) is 0 Å². The highest BCUT2D eigenvalue weighted by Gasteiger charge is 2.16. The summed E-state index contributed by atoms with van der Waals surface area (Å²) in [4.78, 5) is 25.2. The third kappa shape index (κ3) is 51.2. The van der Waals surface area contributed by atoms with Gasteiger partial charge in [0.05, 0.1) is 0 Å². The van der Waals surface area contributed by atoms with Crippen molar-refractivity contribution in [3.05, 3.63) is 12.2 Å². The van der Waals surface area contributed by atoms with Crippen molar-refractivity contribution in [3.63, 3.8) is 0 Å². The molecule has 0 aromatic carbocycles. The molecule has 0 aromatic heterocycles. The van der Waals surface area contributed by atoms with Crippen LogP contribution in [0.25, 0.3) is 0 Å². The van der Waals surface area contributed by atoms with Gasteiger partial charge in [-0.2, -0.15) is 0 Å². The Bertz CT molecular complexity index is 886. The van der Waals surface area contributed by atoms with Crippen LogP contribution in [0.5, 0.6) is 0 Å². The van der Waals surface area contributed by atoms with Gasteiger partial charge in [-0.05, 0) is 44.9 Å². The second-order valence-corrected chi connectivity index (χ2v) is 18.8. The Hall–Kier alpha value is -1.36. The van der Waals surface area contributed by atoms with Gasteiger partial charge >= 0.3 is 11.9 Å². The van der Waals surface area contributed by atoms with Gasteiger partial charge in [0.15, 0.2) is 0 Å². The van der Waals surface area contributed by atoms with Crippen molar-refractivity contribution in [2.45, 2.75) is 316 Å². The van der Waals surface area contributed by atoms with Crippen LogP contribution in [-0.4, -0.2) is 37.9 Å². The molecule has 0 radical (unpaired) electrons. The van der Waals surface area contributed by atoms with Crippen molar-refractivity contribution < 1.29 is 23.8 Å². The van der Waals surface area contributed by atoms with Gasteiger partial charge in [-0.15, -0.1) is 0 Å². The first-order valence-electron chi connectivity index (χ1n) is 27.7. The zero-order valence-corrected chi connectivity index (χ0v) is 41.7. The van der Waals surface area contributed by atoms with Crippen LogP contribution in [0.1, 0.15) is 310 Å². The standard InChI is InChI=1S/C56H108O5/c1-4-7-10-13-16-19-22-25-27-29-30-32-35-38-41-44-47-50-56(58)61-53-54(52-60-55(57)49-46-43-40-37-34-24-21-18-15-12-9-6-3)59-51-48-45-42-39-36-33-31-28-26-23-20-17-14-11-8-5-2/h25,27,54H,4-24,26,28-53H2,1-3H3/b27-25-/t54-/m0/s1. The van der Waals surface area contributed by atoms with E-state index >= 15 is 0 Å². The molecular weight excluding hydrogens is 753 g/mol. The Morgan fingerprint density at radius 3 is 0.869 bits per heavy atom. The highest BCUT2D eigenvalue weighted by molar-refractivity contribution is 5.69. The maximum absolute atomic E-state index is 12.6. The molecule has 0 aliphatic rings. The Kier molecular flexibility index (Phi) is 51.8. The van der Waals surface area contributed by atoms with Crippen LogP contribution in [0.2, 0.25) is 0 Å². The smallest absolute Gasteiger partial charge is 0.305 e. The highest BCUT2D eigenvalue weighted by Crippen LogP contribution is 2.16. The van der Waals surface area contributed by atoms with Gasteiger partial charge in [-0.1, -0.05) is 264 Å². The number of rotatable bonds is 52. The van der Waals surface area contributed by atoms with Crippen molar-refractivity contribution in [2.24, 2.45) is 0 Å². The lowest BCUT2D eigenvalue weighted by Crippen LogP contribution is -2.29. The van der Waals surface area contributed by atoms with Gasteiger partial charge in [-0.3, -0.25) is 9.59 Å². The molecule has 0 bridgehead atoms. The number of hydrogen-bond donors (Lipinski definition) is 0. The van der Waals surface area contributed by atoms with Gasteiger partial charge < -0.3 is 14.2 Å². The van der Waals surface area contributed by atoms with Gasteiger partial charge in [0, 0.05) is 19.4 Å². The molecular formula is C56H108O5. The summed E-state index contributed by atoms with van der Waals surface area (Å²) in [6.07, 6.45) is 61.0. The summed E-state index contributed by atoms with van der Waals surface area (Å²) in [5.74, 6) is -0.319. The number of esters is 2. The molecule has 0 unspecified atom stereocenters. The van der Waals surface area contributed by atoms with E-state index in [9.17, 15) is 9.59 Å². The summed E-state index contributed by atoms with van der Waals surface area (Å²) in [5, 5.41) is 0. The topological polar surface area (TPSA) is 61.8 Å². The average Bonchev–Trinajstić information content (AvgIpc) is 3.26. The minimum atomic E-state index is -0.392. The van der Waals surface area contributed by atoms with Gasteiger partial charge in [0.2, 0.25) is 0 Å². The van der Waals surface area contributed by atoms with E-state index in [1.165, 1.54) is 238 Å². The lowest BCUT2D eigenvalue weighted by molar-refractivity contribution is -0.155. The third-order valence-corrected chi connectivity index (χ3v) is 12.6. The molecule has 0 saturated carbocycles. The fourth-order valence-corrected chi connectivity index (χ4v) is 8.36. The normalized spacial score (nSPS) is 12.1. The molecule has 5 nitrogen and oxygen atoms in total. The van der Waals surface area contributed by atoms with E-state index in [2.05, 4.69) is 32.9 Å². The first-order valence-corrected chi connectivity index (χ1v) is 27.7. The van der Waals surface area contributed by atoms with Crippen LogP contribution in [0.3, 0.4) is 0 Å². The van der Waals surface area contributed by atoms with Crippen LogP contribution in [0, 0.1) is 0 Å². The molecule has 0 amide bonds. The number of carbonyl (C=O) groups is 2. The summed E-state index contributed by atoms with van der Waals surface area (Å²) < 4.78 is 17.5. The lowest BCUT2D eigenvalue weighted by Gasteiger charge is -2.18. The second-order valence-electron chi connectivity index (χ2n) is 18.8. The number of unbranched alkanes of at least 4 members (excludes halogenated alkanes) is 39.